The van der Waals surface area contributed by atoms with E-state index in [2.05, 4.69) is 0 Å². The number of ether oxygens (including phenoxy) is 1. The zero-order valence-corrected chi connectivity index (χ0v) is 8.13. The molecule has 13 heavy (non-hydrogen) atoms. The van der Waals surface area contributed by atoms with E-state index in [0.717, 1.165) is 12.8 Å². The Morgan fingerprint density at radius 1 is 1.15 bits per heavy atom. The zero-order valence-electron chi connectivity index (χ0n) is 8.13. The van der Waals surface area contributed by atoms with Gasteiger partial charge in [0.25, 0.3) is 6.47 Å². The summed E-state index contributed by atoms with van der Waals surface area (Å²) in [5.41, 5.74) is 0.561. The average Bonchev–Trinajstić information content (AvgIpc) is 2.54. The third-order valence-corrected chi connectivity index (χ3v) is 3.81. The van der Waals surface area contributed by atoms with Crippen LogP contribution in [0.5, 0.6) is 0 Å². The second-order valence-corrected chi connectivity index (χ2v) is 4.66. The van der Waals surface area contributed by atoms with E-state index in [4.69, 9.17) is 4.74 Å². The zero-order chi connectivity index (χ0) is 9.15. The minimum Gasteiger partial charge on any atom is -0.465 e. The number of carbonyl (C=O) groups excluding carboxylic acids is 1. The smallest absolute Gasteiger partial charge is 0.293 e. The lowest BCUT2D eigenvalue weighted by Crippen LogP contribution is -2.30. The molecule has 2 aliphatic rings. The molecule has 0 aromatic carbocycles. The quantitative estimate of drug-likeness (QED) is 0.614. The molecule has 2 aliphatic carbocycles. The van der Waals surface area contributed by atoms with Gasteiger partial charge in [0.15, 0.2) is 0 Å². The van der Waals surface area contributed by atoms with Gasteiger partial charge in [0, 0.05) is 0 Å². The summed E-state index contributed by atoms with van der Waals surface area (Å²) in [5, 5.41) is 0. The summed E-state index contributed by atoms with van der Waals surface area (Å²) in [6.07, 6.45) is 10.6. The standard InChI is InChI=1S/C11H18O2/c12-9-13-10-4-3-7-11(8-10)5-1-2-6-11/h9-10H,1-8H2/t10-/m0/s1. The molecule has 1 atom stereocenters. The Bertz CT molecular complexity index is 183. The molecule has 0 aromatic rings. The van der Waals surface area contributed by atoms with Gasteiger partial charge in [-0.2, -0.15) is 0 Å². The molecule has 2 saturated carbocycles. The van der Waals surface area contributed by atoms with Gasteiger partial charge in [-0.25, -0.2) is 0 Å². The molecule has 2 rings (SSSR count). The van der Waals surface area contributed by atoms with E-state index < -0.39 is 0 Å². The molecule has 0 bridgehead atoms. The lowest BCUT2D eigenvalue weighted by molar-refractivity contribution is -0.137. The van der Waals surface area contributed by atoms with Gasteiger partial charge in [-0.15, -0.1) is 0 Å². The second kappa shape index (κ2) is 3.69. The number of hydrogen-bond donors (Lipinski definition) is 0. The van der Waals surface area contributed by atoms with E-state index in [0.29, 0.717) is 11.9 Å². The summed E-state index contributed by atoms with van der Waals surface area (Å²) in [4.78, 5) is 10.3. The fourth-order valence-electron chi connectivity index (χ4n) is 3.17. The van der Waals surface area contributed by atoms with Crippen LogP contribution in [0, 0.1) is 5.41 Å². The molecule has 2 nitrogen and oxygen atoms in total. The lowest BCUT2D eigenvalue weighted by atomic mass is 9.72. The van der Waals surface area contributed by atoms with Gasteiger partial charge in [-0.3, -0.25) is 4.79 Å². The van der Waals surface area contributed by atoms with Gasteiger partial charge < -0.3 is 4.74 Å². The van der Waals surface area contributed by atoms with Gasteiger partial charge in [0.1, 0.15) is 6.10 Å². The minimum atomic E-state index is 0.226. The molecule has 0 aromatic heterocycles. The van der Waals surface area contributed by atoms with Crippen molar-refractivity contribution in [3.05, 3.63) is 0 Å². The Kier molecular flexibility index (Phi) is 2.56. The van der Waals surface area contributed by atoms with E-state index in [1.807, 2.05) is 0 Å². The number of carbonyl (C=O) groups is 1. The third kappa shape index (κ3) is 1.87. The Hall–Kier alpha value is -0.530. The Morgan fingerprint density at radius 3 is 2.54 bits per heavy atom. The van der Waals surface area contributed by atoms with Crippen LogP contribution in [-0.2, 0) is 9.53 Å². The highest BCUT2D eigenvalue weighted by molar-refractivity contribution is 5.37. The molecule has 0 N–H and O–H groups in total. The predicted molar refractivity (Wildman–Crippen MR) is 50.3 cm³/mol. The maximum Gasteiger partial charge on any atom is 0.293 e. The highest BCUT2D eigenvalue weighted by Crippen LogP contribution is 2.49. The van der Waals surface area contributed by atoms with Crippen molar-refractivity contribution in [2.75, 3.05) is 0 Å². The summed E-state index contributed by atoms with van der Waals surface area (Å²) in [5.74, 6) is 0. The van der Waals surface area contributed by atoms with Crippen LogP contribution in [0.3, 0.4) is 0 Å². The highest BCUT2D eigenvalue weighted by atomic mass is 16.5. The highest BCUT2D eigenvalue weighted by Gasteiger charge is 2.39. The molecular formula is C11H18O2. The third-order valence-electron chi connectivity index (χ3n) is 3.81. The Labute approximate surface area is 79.7 Å². The molecule has 0 heterocycles. The molecule has 2 fully saturated rings. The van der Waals surface area contributed by atoms with Crippen LogP contribution in [-0.4, -0.2) is 12.6 Å². The minimum absolute atomic E-state index is 0.226. The van der Waals surface area contributed by atoms with Crippen molar-refractivity contribution in [1.82, 2.24) is 0 Å². The average molecular weight is 182 g/mol. The number of rotatable bonds is 2. The van der Waals surface area contributed by atoms with Crippen molar-refractivity contribution in [2.24, 2.45) is 5.41 Å². The van der Waals surface area contributed by atoms with E-state index in [9.17, 15) is 4.79 Å². The van der Waals surface area contributed by atoms with Crippen LogP contribution < -0.4 is 0 Å². The Balaban J connectivity index is 1.94. The second-order valence-electron chi connectivity index (χ2n) is 4.66. The van der Waals surface area contributed by atoms with Gasteiger partial charge in [0.2, 0.25) is 0 Å². The largest absolute Gasteiger partial charge is 0.465 e. The fraction of sp³-hybridized carbons (Fsp3) is 0.909. The van der Waals surface area contributed by atoms with E-state index in [-0.39, 0.29) is 6.10 Å². The van der Waals surface area contributed by atoms with Crippen LogP contribution in [0.1, 0.15) is 51.4 Å². The Morgan fingerprint density at radius 2 is 1.85 bits per heavy atom. The first-order valence-corrected chi connectivity index (χ1v) is 5.44. The van der Waals surface area contributed by atoms with Crippen LogP contribution in [0.15, 0.2) is 0 Å². The SMILES string of the molecule is O=CO[C@H]1CCCC2(CCCC2)C1. The molecule has 0 amide bonds. The van der Waals surface area contributed by atoms with Crippen molar-refractivity contribution >= 4 is 6.47 Å². The predicted octanol–water partition coefficient (Wildman–Crippen LogP) is 2.66. The molecule has 0 aliphatic heterocycles. The molecule has 0 radical (unpaired) electrons. The van der Waals surface area contributed by atoms with Crippen LogP contribution >= 0.6 is 0 Å². The summed E-state index contributed by atoms with van der Waals surface area (Å²) < 4.78 is 5.09. The summed E-state index contributed by atoms with van der Waals surface area (Å²) >= 11 is 0. The van der Waals surface area contributed by atoms with Gasteiger partial charge in [-0.05, 0) is 43.9 Å². The van der Waals surface area contributed by atoms with E-state index >= 15 is 0 Å². The first-order valence-electron chi connectivity index (χ1n) is 5.44. The fourth-order valence-corrected chi connectivity index (χ4v) is 3.17. The summed E-state index contributed by atoms with van der Waals surface area (Å²) in [6, 6.07) is 0. The van der Waals surface area contributed by atoms with Crippen molar-refractivity contribution in [1.29, 1.82) is 0 Å². The summed E-state index contributed by atoms with van der Waals surface area (Å²) in [7, 11) is 0. The molecule has 1 spiro atoms. The molecule has 0 saturated heterocycles. The molecule has 2 heteroatoms. The van der Waals surface area contributed by atoms with Crippen LogP contribution in [0.4, 0.5) is 0 Å². The van der Waals surface area contributed by atoms with Crippen LogP contribution in [0.25, 0.3) is 0 Å². The lowest BCUT2D eigenvalue weighted by Gasteiger charge is -2.37. The maximum atomic E-state index is 10.3. The van der Waals surface area contributed by atoms with E-state index in [1.165, 1.54) is 38.5 Å². The maximum absolute atomic E-state index is 10.3. The molecule has 0 unspecified atom stereocenters. The topological polar surface area (TPSA) is 26.3 Å². The normalized spacial score (nSPS) is 31.8. The van der Waals surface area contributed by atoms with Crippen molar-refractivity contribution in [3.63, 3.8) is 0 Å². The van der Waals surface area contributed by atoms with Gasteiger partial charge in [0.05, 0.1) is 0 Å². The molecular weight excluding hydrogens is 164 g/mol. The van der Waals surface area contributed by atoms with Crippen molar-refractivity contribution < 1.29 is 9.53 Å². The van der Waals surface area contributed by atoms with E-state index in [1.54, 1.807) is 0 Å². The van der Waals surface area contributed by atoms with Gasteiger partial charge >= 0.3 is 0 Å². The van der Waals surface area contributed by atoms with Crippen molar-refractivity contribution in [2.45, 2.75) is 57.5 Å². The number of hydrogen-bond acceptors (Lipinski definition) is 2. The van der Waals surface area contributed by atoms with Gasteiger partial charge in [-0.1, -0.05) is 12.8 Å². The first kappa shape index (κ1) is 9.04. The van der Waals surface area contributed by atoms with Crippen molar-refractivity contribution in [3.8, 4) is 0 Å². The molecule has 74 valence electrons. The summed E-state index contributed by atoms with van der Waals surface area (Å²) in [6.45, 7) is 0.624. The first-order chi connectivity index (χ1) is 6.35. The monoisotopic (exact) mass is 182 g/mol. The van der Waals surface area contributed by atoms with Crippen LogP contribution in [0.2, 0.25) is 0 Å².